The van der Waals surface area contributed by atoms with Gasteiger partial charge in [0.25, 0.3) is 0 Å². The Hall–Kier alpha value is -3.73. The predicted octanol–water partition coefficient (Wildman–Crippen LogP) is 5.25. The lowest BCUT2D eigenvalue weighted by atomic mass is 9.46. The Balaban J connectivity index is 1.60. The Kier molecular flexibility index (Phi) is 4.75. The number of ketones is 1. The Labute approximate surface area is 204 Å². The molecule has 35 heavy (non-hydrogen) atoms. The molecule has 1 fully saturated rings. The van der Waals surface area contributed by atoms with Crippen LogP contribution in [0.3, 0.4) is 0 Å². The van der Waals surface area contributed by atoms with Crippen LogP contribution in [0, 0.1) is 11.8 Å². The Bertz CT molecular complexity index is 1360. The smallest absolute Gasteiger partial charge is 0.239 e. The summed E-state index contributed by atoms with van der Waals surface area (Å²) >= 11 is 0. The van der Waals surface area contributed by atoms with Crippen LogP contribution in [0.5, 0.6) is 5.75 Å². The van der Waals surface area contributed by atoms with Crippen LogP contribution < -0.4 is 9.64 Å². The lowest BCUT2D eigenvalue weighted by Gasteiger charge is -2.54. The summed E-state index contributed by atoms with van der Waals surface area (Å²) in [5.74, 6) is -1.31. The van der Waals surface area contributed by atoms with Crippen molar-refractivity contribution in [1.29, 1.82) is 0 Å². The van der Waals surface area contributed by atoms with E-state index in [0.29, 0.717) is 30.0 Å². The molecule has 0 radical (unpaired) electrons. The van der Waals surface area contributed by atoms with Crippen LogP contribution in [0.15, 0.2) is 66.7 Å². The number of amides is 2. The number of nitrogens with zero attached hydrogens (tertiary/aromatic N) is 1. The molecule has 1 aliphatic heterocycles. The second-order valence-electron chi connectivity index (χ2n) is 9.66. The molecule has 2 atom stereocenters. The van der Waals surface area contributed by atoms with Crippen LogP contribution in [-0.2, 0) is 15.0 Å². The van der Waals surface area contributed by atoms with Gasteiger partial charge in [-0.25, -0.2) is 4.90 Å². The van der Waals surface area contributed by atoms with Crippen molar-refractivity contribution in [1.82, 2.24) is 0 Å². The number of carbonyl (C=O) groups is 3. The van der Waals surface area contributed by atoms with Crippen LogP contribution in [0.25, 0.3) is 0 Å². The van der Waals surface area contributed by atoms with Gasteiger partial charge in [-0.05, 0) is 60.7 Å². The van der Waals surface area contributed by atoms with Crippen molar-refractivity contribution in [3.05, 3.63) is 94.5 Å². The van der Waals surface area contributed by atoms with Gasteiger partial charge >= 0.3 is 0 Å². The van der Waals surface area contributed by atoms with Crippen molar-refractivity contribution in [3.63, 3.8) is 0 Å². The Morgan fingerprint density at radius 1 is 0.914 bits per heavy atom. The third kappa shape index (κ3) is 2.67. The summed E-state index contributed by atoms with van der Waals surface area (Å²) in [5, 5.41) is 0. The van der Waals surface area contributed by atoms with E-state index in [4.69, 9.17) is 4.74 Å². The average Bonchev–Trinajstić information content (AvgIpc) is 3.15. The first-order valence-corrected chi connectivity index (χ1v) is 12.3. The van der Waals surface area contributed by atoms with E-state index in [2.05, 4.69) is 31.2 Å². The van der Waals surface area contributed by atoms with Crippen LogP contribution in [0.2, 0.25) is 0 Å². The van der Waals surface area contributed by atoms with E-state index < -0.39 is 17.3 Å². The highest BCUT2D eigenvalue weighted by atomic mass is 16.5. The summed E-state index contributed by atoms with van der Waals surface area (Å²) in [6.45, 7) is 5.83. The van der Waals surface area contributed by atoms with E-state index in [9.17, 15) is 14.4 Å². The minimum absolute atomic E-state index is 0.129. The zero-order valence-corrected chi connectivity index (χ0v) is 20.1. The summed E-state index contributed by atoms with van der Waals surface area (Å²) in [6.07, 6.45) is 0.702. The van der Waals surface area contributed by atoms with Crippen molar-refractivity contribution in [3.8, 4) is 5.75 Å². The summed E-state index contributed by atoms with van der Waals surface area (Å²) in [5.41, 5.74) is 4.80. The minimum Gasteiger partial charge on any atom is -0.492 e. The second kappa shape index (κ2) is 7.64. The highest BCUT2D eigenvalue weighted by molar-refractivity contribution is 6.24. The highest BCUT2D eigenvalue weighted by Crippen LogP contribution is 2.65. The second-order valence-corrected chi connectivity index (χ2v) is 9.66. The molecule has 3 aromatic carbocycles. The first-order chi connectivity index (χ1) is 17.0. The van der Waals surface area contributed by atoms with Crippen molar-refractivity contribution < 1.29 is 19.1 Å². The monoisotopic (exact) mass is 465 g/mol. The van der Waals surface area contributed by atoms with Crippen LogP contribution in [-0.4, -0.2) is 24.2 Å². The molecule has 0 spiro atoms. The average molecular weight is 466 g/mol. The minimum atomic E-state index is -0.585. The van der Waals surface area contributed by atoms with Gasteiger partial charge in [0.1, 0.15) is 5.75 Å². The molecule has 0 unspecified atom stereocenters. The maximum absolute atomic E-state index is 14.3. The van der Waals surface area contributed by atoms with E-state index in [1.54, 1.807) is 18.2 Å². The Morgan fingerprint density at radius 2 is 1.54 bits per heavy atom. The van der Waals surface area contributed by atoms with Gasteiger partial charge in [0.2, 0.25) is 11.8 Å². The molecule has 0 N–H and O–H groups in total. The third-order valence-electron chi connectivity index (χ3n) is 8.26. The molecule has 7 rings (SSSR count). The zero-order valence-electron chi connectivity index (χ0n) is 20.1. The van der Waals surface area contributed by atoms with E-state index in [0.717, 1.165) is 22.3 Å². The molecule has 176 valence electrons. The van der Waals surface area contributed by atoms with E-state index in [1.807, 2.05) is 31.2 Å². The number of benzene rings is 3. The maximum Gasteiger partial charge on any atom is 0.239 e. The normalized spacial score (nSPS) is 25.8. The largest absolute Gasteiger partial charge is 0.492 e. The summed E-state index contributed by atoms with van der Waals surface area (Å²) in [7, 11) is 0. The van der Waals surface area contributed by atoms with E-state index in [1.165, 1.54) is 11.8 Å². The van der Waals surface area contributed by atoms with Crippen molar-refractivity contribution in [2.45, 2.75) is 38.5 Å². The highest BCUT2D eigenvalue weighted by Gasteiger charge is 2.67. The van der Waals surface area contributed by atoms with Gasteiger partial charge < -0.3 is 4.74 Å². The number of carbonyl (C=O) groups excluding carboxylic acids is 3. The quantitative estimate of drug-likeness (QED) is 0.381. The topological polar surface area (TPSA) is 63.7 Å². The fourth-order valence-electron chi connectivity index (χ4n) is 6.96. The molecule has 1 heterocycles. The maximum atomic E-state index is 14.3. The standard InChI is InChI=1S/C30H27NO4/c1-4-30-21-12-8-6-10-19(21)25(20-11-7-9-13-22(20)30)26-27(30)29(34)31(28(26)33)23-16-18(17(3)32)14-15-24(23)35-5-2/h6-16,25-27H,4-5H2,1-3H3/t25?,26-,27+,30?/m0/s1. The van der Waals surface area contributed by atoms with Crippen molar-refractivity contribution in [2.75, 3.05) is 11.5 Å². The summed E-state index contributed by atoms with van der Waals surface area (Å²) in [6, 6.07) is 21.5. The van der Waals surface area contributed by atoms with Gasteiger partial charge in [0.15, 0.2) is 5.78 Å². The SMILES string of the molecule is CCOc1ccc(C(C)=O)cc1N1C(=O)[C@H]2C3c4ccccc4C(CC)(c4ccccc43)[C@H]2C1=O. The van der Waals surface area contributed by atoms with Crippen molar-refractivity contribution >= 4 is 23.3 Å². The lowest BCUT2D eigenvalue weighted by molar-refractivity contribution is -0.123. The van der Waals surface area contributed by atoms with Crippen molar-refractivity contribution in [2.24, 2.45) is 11.8 Å². The predicted molar refractivity (Wildman–Crippen MR) is 133 cm³/mol. The van der Waals surface area contributed by atoms with Gasteiger partial charge in [-0.2, -0.15) is 0 Å². The molecule has 3 aromatic rings. The van der Waals surface area contributed by atoms with Crippen LogP contribution >= 0.6 is 0 Å². The van der Waals surface area contributed by atoms with E-state index in [-0.39, 0.29) is 23.5 Å². The molecular formula is C30H27NO4. The number of ether oxygens (including phenoxy) is 1. The molecular weight excluding hydrogens is 438 g/mol. The molecule has 0 aromatic heterocycles. The lowest BCUT2D eigenvalue weighted by Crippen LogP contribution is -2.53. The van der Waals surface area contributed by atoms with Gasteiger partial charge in [-0.1, -0.05) is 55.5 Å². The zero-order chi connectivity index (χ0) is 24.5. The van der Waals surface area contributed by atoms with Gasteiger partial charge in [0.05, 0.1) is 24.1 Å². The van der Waals surface area contributed by atoms with Gasteiger partial charge in [-0.3, -0.25) is 14.4 Å². The van der Waals surface area contributed by atoms with Crippen LogP contribution in [0.4, 0.5) is 5.69 Å². The number of anilines is 1. The van der Waals surface area contributed by atoms with Gasteiger partial charge in [0, 0.05) is 16.9 Å². The first-order valence-electron chi connectivity index (χ1n) is 12.3. The number of rotatable bonds is 5. The molecule has 2 amide bonds. The molecule has 2 bridgehead atoms. The molecule has 3 aliphatic carbocycles. The number of hydrogen-bond donors (Lipinski definition) is 0. The van der Waals surface area contributed by atoms with Crippen LogP contribution in [0.1, 0.15) is 65.7 Å². The molecule has 5 nitrogen and oxygen atoms in total. The van der Waals surface area contributed by atoms with Gasteiger partial charge in [-0.15, -0.1) is 0 Å². The summed E-state index contributed by atoms with van der Waals surface area (Å²) < 4.78 is 5.82. The third-order valence-corrected chi connectivity index (χ3v) is 8.26. The fourth-order valence-corrected chi connectivity index (χ4v) is 6.96. The molecule has 5 heteroatoms. The Morgan fingerprint density at radius 3 is 2.11 bits per heavy atom. The number of hydrogen-bond acceptors (Lipinski definition) is 4. The van der Waals surface area contributed by atoms with E-state index >= 15 is 0 Å². The molecule has 1 saturated heterocycles. The fraction of sp³-hybridized carbons (Fsp3) is 0.300. The summed E-state index contributed by atoms with van der Waals surface area (Å²) in [4.78, 5) is 42.0. The first kappa shape index (κ1) is 21.8. The number of imide groups is 1. The molecule has 4 aliphatic rings. The molecule has 0 saturated carbocycles. The number of Topliss-reactive ketones (excluding diaryl/α,β-unsaturated/α-hetero) is 1.